The second-order valence-corrected chi connectivity index (χ2v) is 8.03. The van der Waals surface area contributed by atoms with Crippen LogP contribution in [0.5, 0.6) is 5.75 Å². The fraction of sp³-hybridized carbons (Fsp3) is 0.625. The van der Waals surface area contributed by atoms with Crippen LogP contribution in [0, 0.1) is 0 Å². The molecule has 0 saturated carbocycles. The van der Waals surface area contributed by atoms with Crippen LogP contribution in [0.3, 0.4) is 0 Å². The van der Waals surface area contributed by atoms with Gasteiger partial charge in [-0.25, -0.2) is 8.42 Å². The quantitative estimate of drug-likeness (QED) is 0.877. The Morgan fingerprint density at radius 3 is 2.71 bits per heavy atom. The molecule has 2 unspecified atom stereocenters. The maximum atomic E-state index is 12.4. The van der Waals surface area contributed by atoms with Crippen LogP contribution in [0.2, 0.25) is 0 Å². The summed E-state index contributed by atoms with van der Waals surface area (Å²) in [5.41, 5.74) is 2.31. The van der Waals surface area contributed by atoms with E-state index in [0.717, 1.165) is 30.7 Å². The number of nitrogens with one attached hydrogen (secondary N) is 1. The van der Waals surface area contributed by atoms with E-state index in [9.17, 15) is 8.42 Å². The molecule has 21 heavy (non-hydrogen) atoms. The number of hydrogen-bond acceptors (Lipinski definition) is 4. The van der Waals surface area contributed by atoms with Crippen molar-refractivity contribution in [1.82, 2.24) is 5.32 Å². The van der Waals surface area contributed by atoms with E-state index in [2.05, 4.69) is 18.3 Å². The van der Waals surface area contributed by atoms with E-state index >= 15 is 0 Å². The second-order valence-electron chi connectivity index (χ2n) is 5.53. The predicted molar refractivity (Wildman–Crippen MR) is 85.6 cm³/mol. The van der Waals surface area contributed by atoms with E-state index in [1.54, 1.807) is 14.0 Å². The third kappa shape index (κ3) is 3.40. The van der Waals surface area contributed by atoms with E-state index in [-0.39, 0.29) is 17.0 Å². The molecular formula is C16H25NO3S. The number of fused-ring (bicyclic) bond motifs is 1. The molecule has 0 spiro atoms. The van der Waals surface area contributed by atoms with E-state index in [1.807, 2.05) is 12.1 Å². The Morgan fingerprint density at radius 1 is 1.33 bits per heavy atom. The van der Waals surface area contributed by atoms with Crippen molar-refractivity contribution >= 4 is 9.84 Å². The Labute approximate surface area is 127 Å². The molecule has 1 aliphatic rings. The highest BCUT2D eigenvalue weighted by molar-refractivity contribution is 7.92. The Kier molecular flexibility index (Phi) is 5.27. The number of benzene rings is 1. The van der Waals surface area contributed by atoms with Gasteiger partial charge in [-0.2, -0.15) is 0 Å². The molecule has 2 atom stereocenters. The summed E-state index contributed by atoms with van der Waals surface area (Å²) < 4.78 is 30.1. The topological polar surface area (TPSA) is 55.4 Å². The minimum absolute atomic E-state index is 0.131. The lowest BCUT2D eigenvalue weighted by molar-refractivity contribution is 0.408. The van der Waals surface area contributed by atoms with Crippen LogP contribution >= 0.6 is 0 Å². The van der Waals surface area contributed by atoms with Gasteiger partial charge < -0.3 is 10.1 Å². The molecule has 0 fully saturated rings. The smallest absolute Gasteiger partial charge is 0.154 e. The first-order chi connectivity index (χ1) is 10.0. The highest BCUT2D eigenvalue weighted by Gasteiger charge is 2.37. The molecule has 0 heterocycles. The SMILES string of the molecule is CCCNC1c2cc(OC)ccc2CCC1S(=O)(=O)CC. The predicted octanol–water partition coefficient (Wildman–Crippen LogP) is 2.49. The fourth-order valence-electron chi connectivity index (χ4n) is 3.02. The van der Waals surface area contributed by atoms with Crippen LogP contribution in [0.4, 0.5) is 0 Å². The number of hydrogen-bond donors (Lipinski definition) is 1. The van der Waals surface area contributed by atoms with Crippen LogP contribution in [0.15, 0.2) is 18.2 Å². The lowest BCUT2D eigenvalue weighted by Crippen LogP contribution is -2.41. The molecule has 118 valence electrons. The van der Waals surface area contributed by atoms with E-state index in [1.165, 1.54) is 5.56 Å². The maximum Gasteiger partial charge on any atom is 0.154 e. The van der Waals surface area contributed by atoms with Gasteiger partial charge >= 0.3 is 0 Å². The molecule has 0 amide bonds. The first-order valence-corrected chi connectivity index (χ1v) is 9.36. The minimum Gasteiger partial charge on any atom is -0.497 e. The lowest BCUT2D eigenvalue weighted by atomic mass is 9.87. The molecule has 0 aliphatic heterocycles. The summed E-state index contributed by atoms with van der Waals surface area (Å²) in [6.45, 7) is 4.63. The summed E-state index contributed by atoms with van der Waals surface area (Å²) in [4.78, 5) is 0. The van der Waals surface area contributed by atoms with E-state index in [0.29, 0.717) is 6.42 Å². The molecule has 0 aromatic heterocycles. The summed E-state index contributed by atoms with van der Waals surface area (Å²) in [6.07, 6.45) is 2.49. The molecule has 1 N–H and O–H groups in total. The average molecular weight is 311 g/mol. The second kappa shape index (κ2) is 6.79. The minimum atomic E-state index is -3.07. The zero-order valence-electron chi connectivity index (χ0n) is 13.1. The molecule has 1 aromatic carbocycles. The van der Waals surface area contributed by atoms with Crippen LogP contribution < -0.4 is 10.1 Å². The molecule has 4 nitrogen and oxygen atoms in total. The average Bonchev–Trinajstić information content (AvgIpc) is 2.51. The summed E-state index contributed by atoms with van der Waals surface area (Å²) in [6, 6.07) is 5.86. The van der Waals surface area contributed by atoms with Gasteiger partial charge in [0.2, 0.25) is 0 Å². The van der Waals surface area contributed by atoms with Crippen LogP contribution in [0.1, 0.15) is 43.9 Å². The Morgan fingerprint density at radius 2 is 2.10 bits per heavy atom. The summed E-state index contributed by atoms with van der Waals surface area (Å²) in [5.74, 6) is 0.980. The highest BCUT2D eigenvalue weighted by Crippen LogP contribution is 2.36. The van der Waals surface area contributed by atoms with Gasteiger partial charge in [-0.1, -0.05) is 19.9 Å². The van der Waals surface area contributed by atoms with Crippen molar-refractivity contribution < 1.29 is 13.2 Å². The van der Waals surface area contributed by atoms with Crippen LogP contribution in [-0.4, -0.2) is 33.1 Å². The van der Waals surface area contributed by atoms with Crippen molar-refractivity contribution in [3.05, 3.63) is 29.3 Å². The van der Waals surface area contributed by atoms with Crippen molar-refractivity contribution in [1.29, 1.82) is 0 Å². The third-order valence-electron chi connectivity index (χ3n) is 4.24. The van der Waals surface area contributed by atoms with Crippen molar-refractivity contribution in [2.75, 3.05) is 19.4 Å². The van der Waals surface area contributed by atoms with Gasteiger partial charge in [0.05, 0.1) is 12.4 Å². The van der Waals surface area contributed by atoms with E-state index in [4.69, 9.17) is 4.74 Å². The van der Waals surface area contributed by atoms with Gasteiger partial charge in [0, 0.05) is 11.8 Å². The first-order valence-electron chi connectivity index (χ1n) is 7.65. The number of sulfone groups is 1. The summed E-state index contributed by atoms with van der Waals surface area (Å²) >= 11 is 0. The number of aryl methyl sites for hydroxylation is 1. The normalized spacial score (nSPS) is 21.9. The largest absolute Gasteiger partial charge is 0.497 e. The number of methoxy groups -OCH3 is 1. The summed E-state index contributed by atoms with van der Waals surface area (Å²) in [5, 5.41) is 3.10. The molecule has 0 saturated heterocycles. The van der Waals surface area contributed by atoms with Crippen LogP contribution in [0.25, 0.3) is 0 Å². The van der Waals surface area contributed by atoms with Crippen LogP contribution in [-0.2, 0) is 16.3 Å². The third-order valence-corrected chi connectivity index (χ3v) is 6.47. The van der Waals surface area contributed by atoms with Gasteiger partial charge in [-0.3, -0.25) is 0 Å². The number of rotatable bonds is 6. The molecule has 2 rings (SSSR count). The van der Waals surface area contributed by atoms with Gasteiger partial charge in [0.1, 0.15) is 5.75 Å². The Bertz CT molecular complexity index is 583. The molecule has 1 aliphatic carbocycles. The monoisotopic (exact) mass is 311 g/mol. The maximum absolute atomic E-state index is 12.4. The Hall–Kier alpha value is -1.07. The molecule has 1 aromatic rings. The number of ether oxygens (including phenoxy) is 1. The van der Waals surface area contributed by atoms with Crippen molar-refractivity contribution in [3.8, 4) is 5.75 Å². The highest BCUT2D eigenvalue weighted by atomic mass is 32.2. The zero-order valence-corrected chi connectivity index (χ0v) is 13.9. The Balaban J connectivity index is 2.43. The fourth-order valence-corrected chi connectivity index (χ4v) is 4.59. The molecule has 0 radical (unpaired) electrons. The van der Waals surface area contributed by atoms with Gasteiger partial charge in [0.25, 0.3) is 0 Å². The van der Waals surface area contributed by atoms with Crippen molar-refractivity contribution in [3.63, 3.8) is 0 Å². The first kappa shape index (κ1) is 16.3. The lowest BCUT2D eigenvalue weighted by Gasteiger charge is -2.34. The van der Waals surface area contributed by atoms with Crippen molar-refractivity contribution in [2.24, 2.45) is 0 Å². The molecular weight excluding hydrogens is 286 g/mol. The van der Waals surface area contributed by atoms with Gasteiger partial charge in [-0.05, 0) is 49.1 Å². The standard InChI is InChI=1S/C16H25NO3S/c1-4-10-17-16-14-11-13(20-3)8-6-12(14)7-9-15(16)21(18,19)5-2/h6,8,11,15-17H,4-5,7,9-10H2,1-3H3. The molecule has 0 bridgehead atoms. The zero-order chi connectivity index (χ0) is 15.5. The van der Waals surface area contributed by atoms with Gasteiger partial charge in [-0.15, -0.1) is 0 Å². The molecule has 5 heteroatoms. The van der Waals surface area contributed by atoms with Gasteiger partial charge in [0.15, 0.2) is 9.84 Å². The summed E-state index contributed by atoms with van der Waals surface area (Å²) in [7, 11) is -1.43. The van der Waals surface area contributed by atoms with E-state index < -0.39 is 9.84 Å². The van der Waals surface area contributed by atoms with Crippen molar-refractivity contribution in [2.45, 2.75) is 44.4 Å².